The minimum Gasteiger partial charge on any atom is -0.394 e. The quantitative estimate of drug-likeness (QED) is 0.515. The zero-order chi connectivity index (χ0) is 12.1. The Hall–Kier alpha value is -0.0800. The minimum atomic E-state index is 0.0742. The normalized spacial score (nSPS) is 12.9. The standard InChI is InChI=1S/C14H30O2/c1-3-5-6-7-8-9-10-11-12-14(13-15)16-4-2/h14-15H,3-13H2,1-2H3/t14-/m1/s1. The maximum absolute atomic E-state index is 9.03. The molecular weight excluding hydrogens is 200 g/mol. The van der Waals surface area contributed by atoms with Gasteiger partial charge >= 0.3 is 0 Å². The van der Waals surface area contributed by atoms with Gasteiger partial charge in [0.15, 0.2) is 0 Å². The Morgan fingerprint density at radius 2 is 1.44 bits per heavy atom. The Kier molecular flexibility index (Phi) is 12.9. The van der Waals surface area contributed by atoms with Crippen LogP contribution in [0.15, 0.2) is 0 Å². The van der Waals surface area contributed by atoms with Crippen molar-refractivity contribution in [2.24, 2.45) is 0 Å². The third kappa shape index (κ3) is 10.4. The van der Waals surface area contributed by atoms with E-state index in [0.29, 0.717) is 6.61 Å². The van der Waals surface area contributed by atoms with Gasteiger partial charge in [0.05, 0.1) is 12.7 Å². The molecule has 1 N–H and O–H groups in total. The number of aliphatic hydroxyl groups excluding tert-OH is 1. The lowest BCUT2D eigenvalue weighted by atomic mass is 10.1. The molecule has 0 aliphatic carbocycles. The molecule has 1 atom stereocenters. The molecule has 2 heteroatoms. The van der Waals surface area contributed by atoms with Crippen molar-refractivity contribution in [2.75, 3.05) is 13.2 Å². The summed E-state index contributed by atoms with van der Waals surface area (Å²) in [6.07, 6.45) is 11.8. The third-order valence-electron chi connectivity index (χ3n) is 2.99. The van der Waals surface area contributed by atoms with Gasteiger partial charge in [-0.3, -0.25) is 0 Å². The average Bonchev–Trinajstić information content (AvgIpc) is 2.31. The van der Waals surface area contributed by atoms with Crippen LogP contribution in [0.1, 0.15) is 71.6 Å². The van der Waals surface area contributed by atoms with Gasteiger partial charge < -0.3 is 9.84 Å². The van der Waals surface area contributed by atoms with Crippen LogP contribution in [0.3, 0.4) is 0 Å². The molecule has 0 saturated carbocycles. The van der Waals surface area contributed by atoms with Crippen LogP contribution in [-0.2, 0) is 4.74 Å². The van der Waals surface area contributed by atoms with Gasteiger partial charge in [0.25, 0.3) is 0 Å². The predicted molar refractivity (Wildman–Crippen MR) is 69.7 cm³/mol. The molecule has 2 nitrogen and oxygen atoms in total. The highest BCUT2D eigenvalue weighted by molar-refractivity contribution is 4.56. The van der Waals surface area contributed by atoms with E-state index >= 15 is 0 Å². The molecule has 0 aromatic carbocycles. The van der Waals surface area contributed by atoms with E-state index in [1.807, 2.05) is 6.92 Å². The van der Waals surface area contributed by atoms with Crippen molar-refractivity contribution in [3.63, 3.8) is 0 Å². The van der Waals surface area contributed by atoms with E-state index in [1.54, 1.807) is 0 Å². The van der Waals surface area contributed by atoms with E-state index in [-0.39, 0.29) is 12.7 Å². The average molecular weight is 230 g/mol. The second kappa shape index (κ2) is 13.0. The summed E-state index contributed by atoms with van der Waals surface area (Å²) in [6.45, 7) is 5.12. The second-order valence-corrected chi connectivity index (χ2v) is 4.52. The maximum atomic E-state index is 9.03. The maximum Gasteiger partial charge on any atom is 0.0805 e. The number of hydrogen-bond acceptors (Lipinski definition) is 2. The van der Waals surface area contributed by atoms with Crippen molar-refractivity contribution >= 4 is 0 Å². The first-order valence-electron chi connectivity index (χ1n) is 7.07. The topological polar surface area (TPSA) is 29.5 Å². The van der Waals surface area contributed by atoms with Crippen LogP contribution in [0.5, 0.6) is 0 Å². The van der Waals surface area contributed by atoms with Crippen molar-refractivity contribution in [3.8, 4) is 0 Å². The number of hydrogen-bond donors (Lipinski definition) is 1. The zero-order valence-electron chi connectivity index (χ0n) is 11.2. The van der Waals surface area contributed by atoms with Crippen molar-refractivity contribution in [1.29, 1.82) is 0 Å². The van der Waals surface area contributed by atoms with Crippen molar-refractivity contribution in [2.45, 2.75) is 77.7 Å². The molecule has 0 heterocycles. The molecular formula is C14H30O2. The fourth-order valence-electron chi connectivity index (χ4n) is 1.97. The fourth-order valence-corrected chi connectivity index (χ4v) is 1.97. The van der Waals surface area contributed by atoms with E-state index in [0.717, 1.165) is 6.42 Å². The lowest BCUT2D eigenvalue weighted by Crippen LogP contribution is -2.17. The zero-order valence-corrected chi connectivity index (χ0v) is 11.2. The van der Waals surface area contributed by atoms with Crippen LogP contribution in [0.2, 0.25) is 0 Å². The Morgan fingerprint density at radius 3 is 1.94 bits per heavy atom. The molecule has 0 aliphatic rings. The number of aliphatic hydroxyl groups is 1. The summed E-state index contributed by atoms with van der Waals surface area (Å²) in [5, 5.41) is 9.03. The second-order valence-electron chi connectivity index (χ2n) is 4.52. The minimum absolute atomic E-state index is 0.0742. The van der Waals surface area contributed by atoms with Gasteiger partial charge in [-0.1, -0.05) is 58.3 Å². The van der Waals surface area contributed by atoms with E-state index in [4.69, 9.17) is 9.84 Å². The summed E-state index contributed by atoms with van der Waals surface area (Å²) in [7, 11) is 0. The molecule has 0 aliphatic heterocycles. The van der Waals surface area contributed by atoms with Gasteiger partial charge in [0.2, 0.25) is 0 Å². The van der Waals surface area contributed by atoms with Gasteiger partial charge in [-0.25, -0.2) is 0 Å². The molecule has 0 spiro atoms. The first kappa shape index (κ1) is 15.9. The van der Waals surface area contributed by atoms with Crippen LogP contribution in [0.25, 0.3) is 0 Å². The molecule has 0 fully saturated rings. The van der Waals surface area contributed by atoms with Crippen LogP contribution < -0.4 is 0 Å². The van der Waals surface area contributed by atoms with Gasteiger partial charge in [-0.15, -0.1) is 0 Å². The summed E-state index contributed by atoms with van der Waals surface area (Å²) in [4.78, 5) is 0. The molecule has 0 bridgehead atoms. The third-order valence-corrected chi connectivity index (χ3v) is 2.99. The van der Waals surface area contributed by atoms with E-state index in [2.05, 4.69) is 6.92 Å². The highest BCUT2D eigenvalue weighted by Gasteiger charge is 2.05. The molecule has 0 aromatic heterocycles. The van der Waals surface area contributed by atoms with E-state index < -0.39 is 0 Å². The monoisotopic (exact) mass is 230 g/mol. The van der Waals surface area contributed by atoms with Crippen molar-refractivity contribution < 1.29 is 9.84 Å². The molecule has 0 aromatic rings. The lowest BCUT2D eigenvalue weighted by Gasteiger charge is -2.13. The van der Waals surface area contributed by atoms with Crippen LogP contribution in [0.4, 0.5) is 0 Å². The molecule has 98 valence electrons. The van der Waals surface area contributed by atoms with Gasteiger partial charge in [0.1, 0.15) is 0 Å². The highest BCUT2D eigenvalue weighted by Crippen LogP contribution is 2.11. The van der Waals surface area contributed by atoms with Crippen molar-refractivity contribution in [1.82, 2.24) is 0 Å². The van der Waals surface area contributed by atoms with Crippen LogP contribution in [0, 0.1) is 0 Å². The SMILES string of the molecule is CCCCCCCCCC[C@H](CO)OCC. The first-order valence-corrected chi connectivity index (χ1v) is 7.07. The van der Waals surface area contributed by atoms with Gasteiger partial charge in [0, 0.05) is 6.61 Å². The highest BCUT2D eigenvalue weighted by atomic mass is 16.5. The number of rotatable bonds is 12. The van der Waals surface area contributed by atoms with Gasteiger partial charge in [-0.2, -0.15) is 0 Å². The predicted octanol–water partition coefficient (Wildman–Crippen LogP) is 3.91. The summed E-state index contributed by atoms with van der Waals surface area (Å²) in [6, 6.07) is 0. The largest absolute Gasteiger partial charge is 0.394 e. The van der Waals surface area contributed by atoms with Gasteiger partial charge in [-0.05, 0) is 13.3 Å². The Morgan fingerprint density at radius 1 is 0.875 bits per heavy atom. The molecule has 0 unspecified atom stereocenters. The Balaban J connectivity index is 3.12. The summed E-state index contributed by atoms with van der Waals surface area (Å²) in [5.41, 5.74) is 0. The van der Waals surface area contributed by atoms with E-state index in [9.17, 15) is 0 Å². The molecule has 0 amide bonds. The van der Waals surface area contributed by atoms with Crippen LogP contribution in [-0.4, -0.2) is 24.4 Å². The van der Waals surface area contributed by atoms with Crippen molar-refractivity contribution in [3.05, 3.63) is 0 Å². The summed E-state index contributed by atoms with van der Waals surface area (Å²) < 4.78 is 5.40. The number of ether oxygens (including phenoxy) is 1. The number of unbranched alkanes of at least 4 members (excludes halogenated alkanes) is 7. The fraction of sp³-hybridized carbons (Fsp3) is 1.00. The molecule has 0 radical (unpaired) electrons. The smallest absolute Gasteiger partial charge is 0.0805 e. The lowest BCUT2D eigenvalue weighted by molar-refractivity contribution is 0.0136. The first-order chi connectivity index (χ1) is 7.85. The molecule has 0 saturated heterocycles. The summed E-state index contributed by atoms with van der Waals surface area (Å²) in [5.74, 6) is 0. The van der Waals surface area contributed by atoms with E-state index in [1.165, 1.54) is 51.4 Å². The Labute approximate surface area is 101 Å². The Bertz CT molecular complexity index is 126. The summed E-state index contributed by atoms with van der Waals surface area (Å²) >= 11 is 0. The molecule has 0 rings (SSSR count). The molecule has 16 heavy (non-hydrogen) atoms. The van der Waals surface area contributed by atoms with Crippen LogP contribution >= 0.6 is 0 Å².